The molecule has 0 saturated carbocycles. The highest BCUT2D eigenvalue weighted by atomic mass is 35.5. The maximum atomic E-state index is 12.8. The van der Waals surface area contributed by atoms with Crippen LogP contribution in [0.3, 0.4) is 0 Å². The van der Waals surface area contributed by atoms with Gasteiger partial charge in [0.1, 0.15) is 4.90 Å². The highest BCUT2D eigenvalue weighted by Crippen LogP contribution is 2.36. The topological polar surface area (TPSA) is 79.6 Å². The van der Waals surface area contributed by atoms with Crippen LogP contribution in [0.1, 0.15) is 34.5 Å². The van der Waals surface area contributed by atoms with E-state index in [9.17, 15) is 18.3 Å². The molecule has 0 spiro atoms. The normalized spacial score (nSPS) is 18.5. The number of amides is 1. The van der Waals surface area contributed by atoms with Crippen LogP contribution >= 0.6 is 11.6 Å². The first kappa shape index (κ1) is 19.6. The van der Waals surface area contributed by atoms with Gasteiger partial charge >= 0.3 is 0 Å². The molecule has 1 amide bonds. The van der Waals surface area contributed by atoms with E-state index in [-0.39, 0.29) is 23.5 Å². The fraction of sp³-hybridized carbons (Fsp3) is 0.318. The average molecular weight is 445 g/mol. The number of aliphatic hydroxyl groups excluding tert-OH is 1. The van der Waals surface area contributed by atoms with Gasteiger partial charge in [-0.25, -0.2) is 12.7 Å². The molecule has 156 valence electrons. The lowest BCUT2D eigenvalue weighted by Gasteiger charge is -2.22. The van der Waals surface area contributed by atoms with Gasteiger partial charge in [-0.2, -0.15) is 0 Å². The maximum absolute atomic E-state index is 12.8. The molecule has 0 bridgehead atoms. The number of carbonyl (C=O) groups is 1. The third kappa shape index (κ3) is 2.87. The van der Waals surface area contributed by atoms with E-state index in [0.717, 1.165) is 46.6 Å². The van der Waals surface area contributed by atoms with Crippen molar-refractivity contribution in [2.24, 2.45) is 0 Å². The molecule has 0 fully saturated rings. The predicted octanol–water partition coefficient (Wildman–Crippen LogP) is 3.38. The van der Waals surface area contributed by atoms with Crippen LogP contribution < -0.4 is 0 Å². The van der Waals surface area contributed by atoms with Crippen LogP contribution in [0, 0.1) is 0 Å². The number of nitrogens with zero attached hydrogens (tertiary/aromatic N) is 2. The second-order valence-electron chi connectivity index (χ2n) is 7.87. The minimum atomic E-state index is -3.95. The van der Waals surface area contributed by atoms with Crippen molar-refractivity contribution in [3.8, 4) is 0 Å². The van der Waals surface area contributed by atoms with E-state index >= 15 is 0 Å². The standard InChI is InChI=1S/C22H21ClN2O4S/c23-18-9-5-8-16-15-6-1-3-10-19(15)24(21(16)18)12-14(26)13-25-22(27)17-7-2-4-11-20(17)30(25,28)29/h2,4-5,7-9,11,14,26H,1,3,6,10,12-13H2/t14-/m0/s1. The number of halogens is 1. The van der Waals surface area contributed by atoms with Gasteiger partial charge in [-0.1, -0.05) is 35.9 Å². The molecule has 1 atom stereocenters. The number of hydrogen-bond donors (Lipinski definition) is 1. The molecule has 2 aromatic carbocycles. The summed E-state index contributed by atoms with van der Waals surface area (Å²) in [6, 6.07) is 11.9. The number of carbonyl (C=O) groups excluding carboxylic acids is 1. The average Bonchev–Trinajstić information content (AvgIpc) is 3.15. The Labute approximate surface area is 179 Å². The first-order chi connectivity index (χ1) is 14.4. The van der Waals surface area contributed by atoms with E-state index in [1.165, 1.54) is 17.7 Å². The number of β-amino-alcohol motifs (C(OH)–C–C–N with tert-alkyl or cyclic N) is 1. The lowest BCUT2D eigenvalue weighted by molar-refractivity contribution is 0.0771. The predicted molar refractivity (Wildman–Crippen MR) is 114 cm³/mol. The number of para-hydroxylation sites is 1. The third-order valence-electron chi connectivity index (χ3n) is 6.03. The number of rotatable bonds is 4. The zero-order valence-electron chi connectivity index (χ0n) is 16.2. The van der Waals surface area contributed by atoms with Gasteiger partial charge in [0.25, 0.3) is 15.9 Å². The first-order valence-electron chi connectivity index (χ1n) is 10.0. The maximum Gasteiger partial charge on any atom is 0.269 e. The smallest absolute Gasteiger partial charge is 0.269 e. The Balaban J connectivity index is 1.48. The summed E-state index contributed by atoms with van der Waals surface area (Å²) in [4.78, 5) is 12.7. The Hall–Kier alpha value is -2.35. The second kappa shape index (κ2) is 7.11. The van der Waals surface area contributed by atoms with Crippen LogP contribution in [0.25, 0.3) is 10.9 Å². The van der Waals surface area contributed by atoms with Crippen LogP contribution in [-0.4, -0.2) is 41.0 Å². The molecule has 3 aromatic rings. The third-order valence-corrected chi connectivity index (χ3v) is 8.14. The molecule has 1 aliphatic heterocycles. The fourth-order valence-electron chi connectivity index (χ4n) is 4.72. The highest BCUT2D eigenvalue weighted by Gasteiger charge is 2.41. The van der Waals surface area contributed by atoms with Gasteiger partial charge < -0.3 is 9.67 Å². The molecule has 1 N–H and O–H groups in total. The van der Waals surface area contributed by atoms with E-state index in [2.05, 4.69) is 0 Å². The zero-order chi connectivity index (χ0) is 21.0. The number of aliphatic hydroxyl groups is 1. The van der Waals surface area contributed by atoms with Gasteiger partial charge in [-0.05, 0) is 49.4 Å². The van der Waals surface area contributed by atoms with Crippen molar-refractivity contribution in [2.45, 2.75) is 43.2 Å². The van der Waals surface area contributed by atoms with Crippen molar-refractivity contribution < 1.29 is 18.3 Å². The fourth-order valence-corrected chi connectivity index (χ4v) is 6.60. The van der Waals surface area contributed by atoms with Crippen LogP contribution in [0.2, 0.25) is 5.02 Å². The number of hydrogen-bond acceptors (Lipinski definition) is 4. The molecule has 0 unspecified atom stereocenters. The lowest BCUT2D eigenvalue weighted by atomic mass is 9.95. The minimum Gasteiger partial charge on any atom is -0.389 e. The van der Waals surface area contributed by atoms with Crippen LogP contribution in [0.5, 0.6) is 0 Å². The number of sulfonamides is 1. The minimum absolute atomic E-state index is 0.00552. The summed E-state index contributed by atoms with van der Waals surface area (Å²) in [5.74, 6) is -0.595. The van der Waals surface area contributed by atoms with Crippen molar-refractivity contribution in [3.63, 3.8) is 0 Å². The molecule has 5 rings (SSSR count). The molecular formula is C22H21ClN2O4S. The van der Waals surface area contributed by atoms with Crippen molar-refractivity contribution in [1.82, 2.24) is 8.87 Å². The summed E-state index contributed by atoms with van der Waals surface area (Å²) < 4.78 is 28.4. The molecule has 2 aliphatic rings. The summed E-state index contributed by atoms with van der Waals surface area (Å²) in [6.07, 6.45) is 2.96. The van der Waals surface area contributed by atoms with E-state index in [1.807, 2.05) is 22.8 Å². The number of aromatic nitrogens is 1. The summed E-state index contributed by atoms with van der Waals surface area (Å²) in [7, 11) is -3.95. The van der Waals surface area contributed by atoms with Crippen molar-refractivity contribution in [1.29, 1.82) is 0 Å². The Bertz CT molecular complexity index is 1280. The zero-order valence-corrected chi connectivity index (χ0v) is 17.8. The second-order valence-corrected chi connectivity index (χ2v) is 10.1. The quantitative estimate of drug-likeness (QED) is 0.669. The van der Waals surface area contributed by atoms with Gasteiger partial charge in [0.05, 0.1) is 35.3 Å². The van der Waals surface area contributed by atoms with Gasteiger partial charge in [0, 0.05) is 11.1 Å². The summed E-state index contributed by atoms with van der Waals surface area (Å²) >= 11 is 6.50. The largest absolute Gasteiger partial charge is 0.389 e. The van der Waals surface area contributed by atoms with Crippen LogP contribution in [0.15, 0.2) is 47.4 Å². The van der Waals surface area contributed by atoms with Gasteiger partial charge in [-0.15, -0.1) is 0 Å². The van der Waals surface area contributed by atoms with Crippen molar-refractivity contribution in [2.75, 3.05) is 6.54 Å². The summed E-state index contributed by atoms with van der Waals surface area (Å²) in [6.45, 7) is -0.125. The van der Waals surface area contributed by atoms with Crippen molar-refractivity contribution >= 4 is 38.4 Å². The molecule has 30 heavy (non-hydrogen) atoms. The molecule has 1 aliphatic carbocycles. The van der Waals surface area contributed by atoms with E-state index < -0.39 is 22.0 Å². The molecule has 0 radical (unpaired) electrons. The number of aryl methyl sites for hydroxylation is 1. The van der Waals surface area contributed by atoms with E-state index in [1.54, 1.807) is 12.1 Å². The molecule has 6 nitrogen and oxygen atoms in total. The molecular weight excluding hydrogens is 424 g/mol. The Morgan fingerprint density at radius 2 is 1.80 bits per heavy atom. The highest BCUT2D eigenvalue weighted by molar-refractivity contribution is 7.90. The van der Waals surface area contributed by atoms with Gasteiger partial charge in [0.15, 0.2) is 0 Å². The molecule has 8 heteroatoms. The monoisotopic (exact) mass is 444 g/mol. The lowest BCUT2D eigenvalue weighted by Crippen LogP contribution is -2.38. The molecule has 2 heterocycles. The van der Waals surface area contributed by atoms with Gasteiger partial charge in [0.2, 0.25) is 0 Å². The summed E-state index contributed by atoms with van der Waals surface area (Å²) in [5.41, 5.74) is 3.41. The Morgan fingerprint density at radius 3 is 2.60 bits per heavy atom. The first-order valence-corrected chi connectivity index (χ1v) is 11.8. The number of benzene rings is 2. The van der Waals surface area contributed by atoms with Crippen LogP contribution in [-0.2, 0) is 29.4 Å². The van der Waals surface area contributed by atoms with E-state index in [4.69, 9.17) is 11.6 Å². The van der Waals surface area contributed by atoms with Crippen LogP contribution in [0.4, 0.5) is 0 Å². The number of fused-ring (bicyclic) bond motifs is 4. The SMILES string of the molecule is O=C1c2ccccc2S(=O)(=O)N1C[C@@H](O)Cn1c2c(c3cccc(Cl)c31)CCCC2. The van der Waals surface area contributed by atoms with Crippen molar-refractivity contribution in [3.05, 3.63) is 64.3 Å². The van der Waals surface area contributed by atoms with Gasteiger partial charge in [-0.3, -0.25) is 4.79 Å². The van der Waals surface area contributed by atoms with E-state index in [0.29, 0.717) is 5.02 Å². The molecule has 0 saturated heterocycles. The summed E-state index contributed by atoms with van der Waals surface area (Å²) in [5, 5.41) is 12.5. The Morgan fingerprint density at radius 1 is 1.03 bits per heavy atom. The Kier molecular flexibility index (Phi) is 4.65. The molecule has 1 aromatic heterocycles.